The first kappa shape index (κ1) is 15.9. The van der Waals surface area contributed by atoms with Crippen molar-refractivity contribution in [3.63, 3.8) is 0 Å². The normalized spacial score (nSPS) is 12.0. The zero-order valence-electron chi connectivity index (χ0n) is 11.9. The van der Waals surface area contributed by atoms with Crippen molar-refractivity contribution in [1.82, 2.24) is 15.1 Å². The van der Waals surface area contributed by atoms with Gasteiger partial charge in [-0.05, 0) is 53.5 Å². The second-order valence-corrected chi connectivity index (χ2v) is 4.70. The average Bonchev–Trinajstić information content (AvgIpc) is 2.27. The van der Waals surface area contributed by atoms with Crippen molar-refractivity contribution in [2.75, 3.05) is 46.3 Å². The Labute approximate surface area is 102 Å². The molecule has 0 radical (unpaired) electrons. The molecule has 1 N–H and O–H groups in total. The zero-order valence-corrected chi connectivity index (χ0v) is 11.9. The average molecular weight is 229 g/mol. The van der Waals surface area contributed by atoms with E-state index >= 15 is 0 Å². The Morgan fingerprint density at radius 1 is 1.00 bits per heavy atom. The van der Waals surface area contributed by atoms with Crippen LogP contribution < -0.4 is 5.32 Å². The van der Waals surface area contributed by atoms with E-state index in [1.165, 1.54) is 19.5 Å². The molecule has 0 rings (SSSR count). The van der Waals surface area contributed by atoms with Crippen molar-refractivity contribution in [3.05, 3.63) is 0 Å². The van der Waals surface area contributed by atoms with E-state index in [4.69, 9.17) is 0 Å². The summed E-state index contributed by atoms with van der Waals surface area (Å²) in [4.78, 5) is 4.85. The van der Waals surface area contributed by atoms with Crippen LogP contribution >= 0.6 is 0 Å². The molecular formula is C13H31N3. The van der Waals surface area contributed by atoms with Crippen molar-refractivity contribution in [3.8, 4) is 0 Å². The van der Waals surface area contributed by atoms with Crippen molar-refractivity contribution in [2.24, 2.45) is 0 Å². The molecule has 0 amide bonds. The summed E-state index contributed by atoms with van der Waals surface area (Å²) >= 11 is 0. The first-order valence-electron chi connectivity index (χ1n) is 6.75. The fraction of sp³-hybridized carbons (Fsp3) is 1.00. The lowest BCUT2D eigenvalue weighted by Gasteiger charge is -2.21. The van der Waals surface area contributed by atoms with E-state index in [9.17, 15) is 0 Å². The Morgan fingerprint density at radius 3 is 2.12 bits per heavy atom. The van der Waals surface area contributed by atoms with Crippen LogP contribution in [-0.2, 0) is 0 Å². The summed E-state index contributed by atoms with van der Waals surface area (Å²) in [6.45, 7) is 15.9. The lowest BCUT2D eigenvalue weighted by Crippen LogP contribution is -2.34. The van der Waals surface area contributed by atoms with Gasteiger partial charge < -0.3 is 15.1 Å². The molecule has 0 aliphatic rings. The quantitative estimate of drug-likeness (QED) is 0.575. The predicted molar refractivity (Wildman–Crippen MR) is 73.0 cm³/mol. The lowest BCUT2D eigenvalue weighted by molar-refractivity contribution is 0.266. The monoisotopic (exact) mass is 229 g/mol. The highest BCUT2D eigenvalue weighted by atomic mass is 15.1. The maximum Gasteiger partial charge on any atom is 0.0107 e. The number of nitrogens with zero attached hydrogens (tertiary/aromatic N) is 2. The van der Waals surface area contributed by atoms with Crippen molar-refractivity contribution >= 4 is 0 Å². The first-order valence-corrected chi connectivity index (χ1v) is 6.75. The second-order valence-electron chi connectivity index (χ2n) is 4.70. The summed E-state index contributed by atoms with van der Waals surface area (Å²) < 4.78 is 0. The summed E-state index contributed by atoms with van der Waals surface area (Å²) in [7, 11) is 2.20. The molecule has 0 aromatic heterocycles. The molecule has 16 heavy (non-hydrogen) atoms. The van der Waals surface area contributed by atoms with Gasteiger partial charge in [-0.25, -0.2) is 0 Å². The molecule has 0 atom stereocenters. The summed E-state index contributed by atoms with van der Waals surface area (Å²) in [5.41, 5.74) is 0. The van der Waals surface area contributed by atoms with Gasteiger partial charge in [-0.15, -0.1) is 0 Å². The fourth-order valence-electron chi connectivity index (χ4n) is 1.61. The number of likely N-dealkylation sites (N-methyl/N-ethyl adjacent to an activating group) is 1. The maximum absolute atomic E-state index is 3.51. The highest BCUT2D eigenvalue weighted by Gasteiger charge is 2.01. The molecule has 3 nitrogen and oxygen atoms in total. The minimum Gasteiger partial charge on any atom is -0.315 e. The summed E-state index contributed by atoms with van der Waals surface area (Å²) in [6.07, 6.45) is 1.24. The molecule has 3 heteroatoms. The summed E-state index contributed by atoms with van der Waals surface area (Å²) in [5.74, 6) is 0. The smallest absolute Gasteiger partial charge is 0.0107 e. The SMILES string of the molecule is CCN(CC)CCNCCCN(C)C(C)C. The second kappa shape index (κ2) is 10.1. The van der Waals surface area contributed by atoms with Gasteiger partial charge in [-0.1, -0.05) is 13.8 Å². The van der Waals surface area contributed by atoms with Crippen LogP contribution in [0, 0.1) is 0 Å². The number of rotatable bonds is 10. The van der Waals surface area contributed by atoms with Crippen LogP contribution in [0.15, 0.2) is 0 Å². The third-order valence-corrected chi connectivity index (χ3v) is 3.25. The van der Waals surface area contributed by atoms with Gasteiger partial charge >= 0.3 is 0 Å². The number of nitrogens with one attached hydrogen (secondary N) is 1. The molecule has 0 bridgehead atoms. The summed E-state index contributed by atoms with van der Waals surface area (Å²) in [6, 6.07) is 0.663. The predicted octanol–water partition coefficient (Wildman–Crippen LogP) is 1.65. The number of hydrogen-bond acceptors (Lipinski definition) is 3. The largest absolute Gasteiger partial charge is 0.315 e. The standard InChI is InChI=1S/C13H31N3/c1-6-16(7-2)12-10-14-9-8-11-15(5)13(3)4/h13-14H,6-12H2,1-5H3. The van der Waals surface area contributed by atoms with Crippen LogP contribution in [0.4, 0.5) is 0 Å². The van der Waals surface area contributed by atoms with Crippen molar-refractivity contribution in [1.29, 1.82) is 0 Å². The number of hydrogen-bond donors (Lipinski definition) is 1. The highest BCUT2D eigenvalue weighted by Crippen LogP contribution is 1.94. The molecule has 0 fully saturated rings. The third kappa shape index (κ3) is 8.08. The van der Waals surface area contributed by atoms with E-state index in [2.05, 4.69) is 49.9 Å². The molecule has 0 aliphatic carbocycles. The molecule has 0 aromatic rings. The Bertz CT molecular complexity index is 138. The molecule has 0 spiro atoms. The molecule has 0 saturated heterocycles. The molecular weight excluding hydrogens is 198 g/mol. The van der Waals surface area contributed by atoms with Gasteiger partial charge in [0.15, 0.2) is 0 Å². The van der Waals surface area contributed by atoms with Crippen LogP contribution in [0.2, 0.25) is 0 Å². The van der Waals surface area contributed by atoms with E-state index in [-0.39, 0.29) is 0 Å². The molecule has 98 valence electrons. The van der Waals surface area contributed by atoms with Gasteiger partial charge in [0.25, 0.3) is 0 Å². The third-order valence-electron chi connectivity index (χ3n) is 3.25. The zero-order chi connectivity index (χ0) is 12.4. The van der Waals surface area contributed by atoms with Crippen LogP contribution in [0.25, 0.3) is 0 Å². The molecule has 0 aliphatic heterocycles. The summed E-state index contributed by atoms with van der Waals surface area (Å²) in [5, 5.41) is 3.51. The van der Waals surface area contributed by atoms with Crippen LogP contribution in [-0.4, -0.2) is 62.2 Å². The van der Waals surface area contributed by atoms with E-state index in [0.717, 1.165) is 26.2 Å². The Balaban J connectivity index is 3.27. The maximum atomic E-state index is 3.51. The van der Waals surface area contributed by atoms with E-state index in [1.807, 2.05) is 0 Å². The Kier molecular flexibility index (Phi) is 9.99. The first-order chi connectivity index (χ1) is 7.61. The lowest BCUT2D eigenvalue weighted by atomic mass is 10.3. The van der Waals surface area contributed by atoms with Gasteiger partial charge in [0.1, 0.15) is 0 Å². The van der Waals surface area contributed by atoms with Gasteiger partial charge in [-0.3, -0.25) is 0 Å². The Morgan fingerprint density at radius 2 is 1.62 bits per heavy atom. The van der Waals surface area contributed by atoms with Crippen LogP contribution in [0.1, 0.15) is 34.1 Å². The topological polar surface area (TPSA) is 18.5 Å². The van der Waals surface area contributed by atoms with E-state index in [0.29, 0.717) is 6.04 Å². The van der Waals surface area contributed by atoms with Crippen molar-refractivity contribution < 1.29 is 0 Å². The van der Waals surface area contributed by atoms with Gasteiger partial charge in [0, 0.05) is 19.1 Å². The van der Waals surface area contributed by atoms with Crippen molar-refractivity contribution in [2.45, 2.75) is 40.2 Å². The highest BCUT2D eigenvalue weighted by molar-refractivity contribution is 4.59. The molecule has 0 heterocycles. The van der Waals surface area contributed by atoms with Crippen LogP contribution in [0.5, 0.6) is 0 Å². The fourth-order valence-corrected chi connectivity index (χ4v) is 1.61. The van der Waals surface area contributed by atoms with E-state index < -0.39 is 0 Å². The molecule has 0 unspecified atom stereocenters. The van der Waals surface area contributed by atoms with Gasteiger partial charge in [0.05, 0.1) is 0 Å². The van der Waals surface area contributed by atoms with Gasteiger partial charge in [-0.2, -0.15) is 0 Å². The Hall–Kier alpha value is -0.120. The van der Waals surface area contributed by atoms with E-state index in [1.54, 1.807) is 0 Å². The molecule has 0 aromatic carbocycles. The minimum absolute atomic E-state index is 0.663. The van der Waals surface area contributed by atoms with Gasteiger partial charge in [0.2, 0.25) is 0 Å². The van der Waals surface area contributed by atoms with Crippen LogP contribution in [0.3, 0.4) is 0 Å². The molecule has 0 saturated carbocycles. The minimum atomic E-state index is 0.663.